The van der Waals surface area contributed by atoms with Crippen LogP contribution in [0.1, 0.15) is 15.9 Å². The Kier molecular flexibility index (Phi) is 5.47. The lowest BCUT2D eigenvalue weighted by Gasteiger charge is -2.10. The zero-order valence-corrected chi connectivity index (χ0v) is 18.6. The number of nitrogens with zero attached hydrogens (tertiary/aromatic N) is 3. The van der Waals surface area contributed by atoms with Gasteiger partial charge in [0.05, 0.1) is 16.1 Å². The summed E-state index contributed by atoms with van der Waals surface area (Å²) < 4.78 is 28.8. The van der Waals surface area contributed by atoms with Gasteiger partial charge >= 0.3 is 5.97 Å². The third-order valence-electron chi connectivity index (χ3n) is 4.70. The zero-order chi connectivity index (χ0) is 22.2. The number of rotatable bonds is 5. The van der Waals surface area contributed by atoms with Gasteiger partial charge in [-0.05, 0) is 59.3 Å². The van der Waals surface area contributed by atoms with Crippen molar-refractivity contribution in [2.75, 3.05) is 0 Å². The monoisotopic (exact) mass is 497 g/mol. The Balaban J connectivity index is 1.96. The molecule has 0 aliphatic carbocycles. The van der Waals surface area contributed by atoms with E-state index in [1.54, 1.807) is 42.5 Å². The Morgan fingerprint density at radius 3 is 2.23 bits per heavy atom. The molecule has 1 aromatic heterocycles. The quantitative estimate of drug-likeness (QED) is 0.434. The molecular weight excluding hydrogens is 482 g/mol. The van der Waals surface area contributed by atoms with Crippen molar-refractivity contribution >= 4 is 31.7 Å². The molecule has 3 aromatic carbocycles. The van der Waals surface area contributed by atoms with E-state index in [-0.39, 0.29) is 15.5 Å². The number of halogens is 1. The second kappa shape index (κ2) is 8.09. The molecule has 31 heavy (non-hydrogen) atoms. The second-order valence-electron chi connectivity index (χ2n) is 6.81. The molecule has 0 bridgehead atoms. The maximum absolute atomic E-state index is 13.5. The Labute approximate surface area is 187 Å². The minimum absolute atomic E-state index is 0.0802. The molecule has 0 saturated heterocycles. The molecule has 9 heteroatoms. The average Bonchev–Trinajstić information content (AvgIpc) is 3.20. The van der Waals surface area contributed by atoms with Crippen LogP contribution in [0, 0.1) is 6.92 Å². The maximum atomic E-state index is 13.5. The number of aromatic nitrogens is 3. The van der Waals surface area contributed by atoms with E-state index in [2.05, 4.69) is 26.2 Å². The molecule has 0 radical (unpaired) electrons. The third-order valence-corrected chi connectivity index (χ3v) is 7.38. The van der Waals surface area contributed by atoms with Gasteiger partial charge in [0, 0.05) is 10.0 Å². The van der Waals surface area contributed by atoms with Gasteiger partial charge in [0.2, 0.25) is 14.9 Å². The predicted octanol–water partition coefficient (Wildman–Crippen LogP) is 4.54. The van der Waals surface area contributed by atoms with Gasteiger partial charge in [-0.15, -0.1) is 5.10 Å². The van der Waals surface area contributed by atoms with Crippen molar-refractivity contribution < 1.29 is 18.3 Å². The summed E-state index contributed by atoms with van der Waals surface area (Å²) in [5.74, 6) is -1.05. The minimum atomic E-state index is -4.00. The number of carboxylic acid groups (broad SMARTS) is 1. The molecule has 1 heterocycles. The van der Waals surface area contributed by atoms with Crippen LogP contribution in [0.3, 0.4) is 0 Å². The van der Waals surface area contributed by atoms with Gasteiger partial charge in [0.15, 0.2) is 0 Å². The molecule has 0 aliphatic heterocycles. The summed E-state index contributed by atoms with van der Waals surface area (Å²) in [6.07, 6.45) is 0. The van der Waals surface area contributed by atoms with Crippen molar-refractivity contribution in [2.24, 2.45) is 0 Å². The summed E-state index contributed by atoms with van der Waals surface area (Å²) in [5, 5.41) is 17.1. The molecule has 4 rings (SSSR count). The van der Waals surface area contributed by atoms with E-state index in [1.807, 2.05) is 19.1 Å². The van der Waals surface area contributed by atoms with Crippen molar-refractivity contribution in [3.8, 4) is 16.9 Å². The lowest BCUT2D eigenvalue weighted by Crippen LogP contribution is -2.07. The number of carbonyl (C=O) groups is 1. The summed E-state index contributed by atoms with van der Waals surface area (Å²) in [7, 11) is -4.00. The van der Waals surface area contributed by atoms with E-state index < -0.39 is 15.8 Å². The van der Waals surface area contributed by atoms with Gasteiger partial charge < -0.3 is 5.11 Å². The van der Waals surface area contributed by atoms with Gasteiger partial charge in [-0.3, -0.25) is 0 Å². The highest BCUT2D eigenvalue weighted by Gasteiger charge is 2.30. The van der Waals surface area contributed by atoms with Crippen LogP contribution in [0.4, 0.5) is 0 Å². The van der Waals surface area contributed by atoms with E-state index in [1.165, 1.54) is 22.9 Å². The van der Waals surface area contributed by atoms with Crippen LogP contribution in [0.5, 0.6) is 0 Å². The summed E-state index contributed by atoms with van der Waals surface area (Å²) in [6, 6.07) is 19.8. The first-order valence-electron chi connectivity index (χ1n) is 9.15. The Hall–Kier alpha value is -3.30. The Bertz CT molecular complexity index is 1380. The molecule has 4 aromatic rings. The zero-order valence-electron chi connectivity index (χ0n) is 16.2. The third kappa shape index (κ3) is 3.89. The van der Waals surface area contributed by atoms with Crippen molar-refractivity contribution in [3.63, 3.8) is 0 Å². The molecule has 1 N–H and O–H groups in total. The van der Waals surface area contributed by atoms with Gasteiger partial charge in [-0.25, -0.2) is 17.9 Å². The van der Waals surface area contributed by atoms with Crippen LogP contribution >= 0.6 is 15.9 Å². The van der Waals surface area contributed by atoms with Gasteiger partial charge in [-0.2, -0.15) is 0 Å². The van der Waals surface area contributed by atoms with E-state index in [0.717, 1.165) is 5.56 Å². The fraction of sp³-hybridized carbons (Fsp3) is 0.0455. The fourth-order valence-electron chi connectivity index (χ4n) is 3.10. The van der Waals surface area contributed by atoms with Crippen LogP contribution in [-0.2, 0) is 9.84 Å². The SMILES string of the molecule is Cc1ccc(-c2c(S(=O)(=O)c3ccccc3Br)nnn2-c2ccc(C(=O)O)cc2)cc1. The minimum Gasteiger partial charge on any atom is -0.478 e. The number of hydrogen-bond donors (Lipinski definition) is 1. The molecule has 0 aliphatic rings. The molecule has 7 nitrogen and oxygen atoms in total. The van der Waals surface area contributed by atoms with Gasteiger partial charge in [-0.1, -0.05) is 47.2 Å². The molecule has 0 unspecified atom stereocenters. The molecule has 156 valence electrons. The van der Waals surface area contributed by atoms with Crippen molar-refractivity contribution in [1.29, 1.82) is 0 Å². The topological polar surface area (TPSA) is 102 Å². The van der Waals surface area contributed by atoms with Crippen molar-refractivity contribution in [2.45, 2.75) is 16.8 Å². The lowest BCUT2D eigenvalue weighted by atomic mass is 10.1. The number of carboxylic acids is 1. The summed E-state index contributed by atoms with van der Waals surface area (Å²) in [5.41, 5.74) is 2.52. The molecule has 0 amide bonds. The van der Waals surface area contributed by atoms with E-state index in [0.29, 0.717) is 21.4 Å². The lowest BCUT2D eigenvalue weighted by molar-refractivity contribution is 0.0697. The van der Waals surface area contributed by atoms with E-state index in [4.69, 9.17) is 5.11 Å². The second-order valence-corrected chi connectivity index (χ2v) is 9.49. The standard InChI is InChI=1S/C22H16BrN3O4S/c1-14-6-8-15(9-7-14)20-21(31(29,30)19-5-3-2-4-18(19)23)24-25-26(20)17-12-10-16(11-13-17)22(27)28/h2-13H,1H3,(H,27,28). The highest BCUT2D eigenvalue weighted by atomic mass is 79.9. The normalized spacial score (nSPS) is 11.4. The molecular formula is C22H16BrN3O4S. The predicted molar refractivity (Wildman–Crippen MR) is 118 cm³/mol. The first-order chi connectivity index (χ1) is 14.8. The van der Waals surface area contributed by atoms with Crippen LogP contribution in [0.25, 0.3) is 16.9 Å². The summed E-state index contributed by atoms with van der Waals surface area (Å²) in [4.78, 5) is 11.3. The molecule has 0 atom stereocenters. The number of sulfone groups is 1. The number of benzene rings is 3. The molecule has 0 spiro atoms. The number of aryl methyl sites for hydroxylation is 1. The molecule has 0 saturated carbocycles. The molecule has 0 fully saturated rings. The first kappa shape index (κ1) is 21.0. The highest BCUT2D eigenvalue weighted by molar-refractivity contribution is 9.10. The highest BCUT2D eigenvalue weighted by Crippen LogP contribution is 2.34. The van der Waals surface area contributed by atoms with E-state index >= 15 is 0 Å². The summed E-state index contributed by atoms with van der Waals surface area (Å²) >= 11 is 3.30. The maximum Gasteiger partial charge on any atom is 0.335 e. The van der Waals surface area contributed by atoms with Crippen LogP contribution in [-0.4, -0.2) is 34.5 Å². The average molecular weight is 498 g/mol. The smallest absolute Gasteiger partial charge is 0.335 e. The number of hydrogen-bond acceptors (Lipinski definition) is 5. The fourth-order valence-corrected chi connectivity index (χ4v) is 5.42. The van der Waals surface area contributed by atoms with Crippen molar-refractivity contribution in [1.82, 2.24) is 15.0 Å². The summed E-state index contributed by atoms with van der Waals surface area (Å²) in [6.45, 7) is 1.93. The Morgan fingerprint density at radius 1 is 0.968 bits per heavy atom. The number of aromatic carboxylic acids is 1. The van der Waals surface area contributed by atoms with Crippen LogP contribution in [0.15, 0.2) is 87.2 Å². The van der Waals surface area contributed by atoms with Crippen molar-refractivity contribution in [3.05, 3.63) is 88.4 Å². The van der Waals surface area contributed by atoms with Gasteiger partial charge in [0.1, 0.15) is 5.69 Å². The van der Waals surface area contributed by atoms with Crippen LogP contribution in [0.2, 0.25) is 0 Å². The largest absolute Gasteiger partial charge is 0.478 e. The first-order valence-corrected chi connectivity index (χ1v) is 11.4. The Morgan fingerprint density at radius 2 is 1.61 bits per heavy atom. The van der Waals surface area contributed by atoms with Crippen LogP contribution < -0.4 is 0 Å². The van der Waals surface area contributed by atoms with E-state index in [9.17, 15) is 13.2 Å². The van der Waals surface area contributed by atoms with Gasteiger partial charge in [0.25, 0.3) is 0 Å².